The van der Waals surface area contributed by atoms with Crippen molar-refractivity contribution in [3.63, 3.8) is 0 Å². The number of hydrogen-bond donors (Lipinski definition) is 4. The van der Waals surface area contributed by atoms with Crippen molar-refractivity contribution >= 4 is 22.9 Å². The number of amides is 1. The minimum Gasteiger partial charge on any atom is -0.497 e. The van der Waals surface area contributed by atoms with Gasteiger partial charge < -0.3 is 31.4 Å². The van der Waals surface area contributed by atoms with E-state index >= 15 is 4.39 Å². The van der Waals surface area contributed by atoms with Crippen LogP contribution in [0, 0.1) is 0 Å². The van der Waals surface area contributed by atoms with Gasteiger partial charge in [-0.1, -0.05) is 12.1 Å². The third kappa shape index (κ3) is 4.07. The van der Waals surface area contributed by atoms with Crippen molar-refractivity contribution < 1.29 is 23.8 Å². The minimum absolute atomic E-state index is 0.148. The van der Waals surface area contributed by atoms with E-state index in [0.29, 0.717) is 11.3 Å². The normalized spacial score (nSPS) is 23.9. The van der Waals surface area contributed by atoms with Crippen molar-refractivity contribution in [2.24, 2.45) is 5.73 Å². The van der Waals surface area contributed by atoms with Gasteiger partial charge in [0, 0.05) is 0 Å². The van der Waals surface area contributed by atoms with E-state index in [1.807, 2.05) is 0 Å². The molecular weight excluding hydrogens is 421 g/mol. The van der Waals surface area contributed by atoms with Gasteiger partial charge in [0.1, 0.15) is 23.7 Å². The molecule has 3 heterocycles. The second-order valence-electron chi connectivity index (χ2n) is 7.47. The smallest absolute Gasteiger partial charge is 0.237 e. The zero-order valence-electron chi connectivity index (χ0n) is 17.3. The molecule has 170 valence electrons. The third-order valence-electron chi connectivity index (χ3n) is 5.43. The fourth-order valence-corrected chi connectivity index (χ4v) is 3.71. The van der Waals surface area contributed by atoms with Crippen LogP contribution < -0.4 is 21.5 Å². The standard InChI is InChI=1S/C20H24FN7O4/c1-31-11-4-2-10(3-5-11)6-12(22)19(30)27-15-13(7-29)32-20(14(15)21)28-9-26-16-17(23)24-8-25-18(16)28/h2-5,8-9,12-15,20,29H,6-7,22H2,1H3,(H,27,30)(H2,23,24,25)/t12-,13+,14+,15+,20+/m0/s1. The first kappa shape index (κ1) is 21.9. The number of carbonyl (C=O) groups excluding carboxylic acids is 1. The lowest BCUT2D eigenvalue weighted by atomic mass is 10.0. The first-order valence-corrected chi connectivity index (χ1v) is 9.95. The molecule has 1 saturated heterocycles. The molecular formula is C20H24FN7O4. The highest BCUT2D eigenvalue weighted by Gasteiger charge is 2.47. The Morgan fingerprint density at radius 1 is 1.34 bits per heavy atom. The molecule has 11 nitrogen and oxygen atoms in total. The summed E-state index contributed by atoms with van der Waals surface area (Å²) in [4.78, 5) is 24.7. The van der Waals surface area contributed by atoms with Gasteiger partial charge in [-0.15, -0.1) is 0 Å². The molecule has 0 aliphatic carbocycles. The maximum atomic E-state index is 15.4. The predicted molar refractivity (Wildman–Crippen MR) is 112 cm³/mol. The molecule has 0 spiro atoms. The van der Waals surface area contributed by atoms with Crippen LogP contribution in [0.2, 0.25) is 0 Å². The summed E-state index contributed by atoms with van der Waals surface area (Å²) in [6.45, 7) is -0.501. The van der Waals surface area contributed by atoms with E-state index in [9.17, 15) is 9.90 Å². The van der Waals surface area contributed by atoms with E-state index in [1.165, 1.54) is 17.2 Å². The Morgan fingerprint density at radius 3 is 2.78 bits per heavy atom. The fraction of sp³-hybridized carbons (Fsp3) is 0.400. The minimum atomic E-state index is -1.70. The molecule has 1 amide bonds. The summed E-state index contributed by atoms with van der Waals surface area (Å²) >= 11 is 0. The maximum absolute atomic E-state index is 15.4. The quantitative estimate of drug-likeness (QED) is 0.382. The summed E-state index contributed by atoms with van der Waals surface area (Å²) in [6, 6.07) is 5.09. The van der Waals surface area contributed by atoms with Gasteiger partial charge in [0.25, 0.3) is 0 Å². The SMILES string of the molecule is COc1ccc(C[C@H](N)C(=O)N[C@H]2[C@@H](F)[C@H](n3cnc4c(N)ncnc43)O[C@@H]2CO)cc1. The molecule has 0 unspecified atom stereocenters. The largest absolute Gasteiger partial charge is 0.497 e. The van der Waals surface area contributed by atoms with Crippen LogP contribution >= 0.6 is 0 Å². The highest BCUT2D eigenvalue weighted by molar-refractivity contribution is 5.82. The second kappa shape index (κ2) is 9.02. The number of halogens is 1. The number of nitrogens with one attached hydrogen (secondary N) is 1. The van der Waals surface area contributed by atoms with E-state index in [4.69, 9.17) is 20.9 Å². The Kier molecular flexibility index (Phi) is 6.17. The molecule has 5 atom stereocenters. The number of fused-ring (bicyclic) bond motifs is 1. The summed E-state index contributed by atoms with van der Waals surface area (Å²) in [6.07, 6.45) is -1.04. The Labute approximate surface area is 182 Å². The highest BCUT2D eigenvalue weighted by atomic mass is 19.1. The topological polar surface area (TPSA) is 163 Å². The lowest BCUT2D eigenvalue weighted by Gasteiger charge is -2.21. The molecule has 0 radical (unpaired) electrons. The van der Waals surface area contributed by atoms with E-state index in [1.54, 1.807) is 31.4 Å². The number of benzene rings is 1. The van der Waals surface area contributed by atoms with E-state index in [0.717, 1.165) is 5.56 Å². The van der Waals surface area contributed by atoms with Crippen LogP contribution in [0.15, 0.2) is 36.9 Å². The van der Waals surface area contributed by atoms with Crippen LogP contribution in [0.25, 0.3) is 11.2 Å². The van der Waals surface area contributed by atoms with Gasteiger partial charge in [0.05, 0.1) is 32.1 Å². The molecule has 32 heavy (non-hydrogen) atoms. The van der Waals surface area contributed by atoms with E-state index < -0.39 is 43.1 Å². The molecule has 0 bridgehead atoms. The van der Waals surface area contributed by atoms with Crippen LogP contribution in [-0.2, 0) is 16.0 Å². The van der Waals surface area contributed by atoms with Gasteiger partial charge in [0.2, 0.25) is 5.91 Å². The summed E-state index contributed by atoms with van der Waals surface area (Å²) < 4.78 is 27.5. The van der Waals surface area contributed by atoms with Crippen molar-refractivity contribution in [1.82, 2.24) is 24.8 Å². The van der Waals surface area contributed by atoms with E-state index in [-0.39, 0.29) is 17.9 Å². The predicted octanol–water partition coefficient (Wildman–Crippen LogP) is -0.300. The van der Waals surface area contributed by atoms with Crippen LogP contribution in [0.4, 0.5) is 10.2 Å². The number of hydrogen-bond acceptors (Lipinski definition) is 9. The summed E-state index contributed by atoms with van der Waals surface area (Å²) in [5, 5.41) is 12.3. The number of nitrogen functional groups attached to an aromatic ring is 1. The van der Waals surface area contributed by atoms with E-state index in [2.05, 4.69) is 20.3 Å². The zero-order chi connectivity index (χ0) is 22.8. The van der Waals surface area contributed by atoms with Gasteiger partial charge in [-0.3, -0.25) is 9.36 Å². The zero-order valence-corrected chi connectivity index (χ0v) is 17.3. The van der Waals surface area contributed by atoms with Gasteiger partial charge in [-0.25, -0.2) is 19.3 Å². The molecule has 1 aromatic carbocycles. The van der Waals surface area contributed by atoms with Crippen molar-refractivity contribution in [3.8, 4) is 5.75 Å². The van der Waals surface area contributed by atoms with Gasteiger partial charge in [-0.05, 0) is 24.1 Å². The number of nitrogens with zero attached hydrogens (tertiary/aromatic N) is 4. The summed E-state index contributed by atoms with van der Waals surface area (Å²) in [7, 11) is 1.56. The van der Waals surface area contributed by atoms with Crippen molar-refractivity contribution in [1.29, 1.82) is 0 Å². The number of rotatable bonds is 7. The molecule has 6 N–H and O–H groups in total. The molecule has 12 heteroatoms. The summed E-state index contributed by atoms with van der Waals surface area (Å²) in [5.74, 6) is 0.277. The monoisotopic (exact) mass is 445 g/mol. The number of ether oxygens (including phenoxy) is 2. The average molecular weight is 445 g/mol. The lowest BCUT2D eigenvalue weighted by Crippen LogP contribution is -2.52. The van der Waals surface area contributed by atoms with Gasteiger partial charge in [0.15, 0.2) is 23.9 Å². The molecule has 4 rings (SSSR count). The first-order valence-electron chi connectivity index (χ1n) is 9.95. The molecule has 1 aliphatic rings. The number of nitrogens with two attached hydrogens (primary N) is 2. The number of aliphatic hydroxyl groups excluding tert-OH is 1. The molecule has 3 aromatic rings. The number of imidazole rings is 1. The molecule has 0 saturated carbocycles. The number of aromatic nitrogens is 4. The number of anilines is 1. The number of alkyl halides is 1. The van der Waals surface area contributed by atoms with Crippen LogP contribution in [0.5, 0.6) is 5.75 Å². The molecule has 1 fully saturated rings. The van der Waals surface area contributed by atoms with Crippen molar-refractivity contribution in [2.45, 2.75) is 37.0 Å². The van der Waals surface area contributed by atoms with Gasteiger partial charge >= 0.3 is 0 Å². The Hall–Kier alpha value is -3.35. The Morgan fingerprint density at radius 2 is 2.09 bits per heavy atom. The van der Waals surface area contributed by atoms with Crippen molar-refractivity contribution in [3.05, 3.63) is 42.5 Å². The number of carbonyl (C=O) groups is 1. The number of aliphatic hydroxyl groups is 1. The van der Waals surface area contributed by atoms with Crippen LogP contribution in [0.1, 0.15) is 11.8 Å². The summed E-state index contributed by atoms with van der Waals surface area (Å²) in [5.41, 5.74) is 13.2. The Bertz CT molecular complexity index is 1090. The van der Waals surface area contributed by atoms with Gasteiger partial charge in [-0.2, -0.15) is 0 Å². The average Bonchev–Trinajstić information content (AvgIpc) is 3.36. The molecule has 2 aromatic heterocycles. The Balaban J connectivity index is 1.47. The van der Waals surface area contributed by atoms with Crippen LogP contribution in [-0.4, -0.2) is 68.6 Å². The lowest BCUT2D eigenvalue weighted by molar-refractivity contribution is -0.123. The third-order valence-corrected chi connectivity index (χ3v) is 5.43. The second-order valence-corrected chi connectivity index (χ2v) is 7.47. The fourth-order valence-electron chi connectivity index (χ4n) is 3.71. The molecule has 1 aliphatic heterocycles. The first-order chi connectivity index (χ1) is 15.4. The van der Waals surface area contributed by atoms with Crippen LogP contribution in [0.3, 0.4) is 0 Å². The highest BCUT2D eigenvalue weighted by Crippen LogP contribution is 2.34. The maximum Gasteiger partial charge on any atom is 0.237 e. The van der Waals surface area contributed by atoms with Crippen molar-refractivity contribution in [2.75, 3.05) is 19.5 Å². The number of methoxy groups -OCH3 is 1.